The standard InChI is InChI=1S/C15H24O/c1-6-11(2)7-8-13-12(3)14(16)9-10-15(13,4)5/h6,11H,1,7-10H2,2-5H3. The van der Waals surface area contributed by atoms with E-state index in [2.05, 4.69) is 27.4 Å². The van der Waals surface area contributed by atoms with Crippen LogP contribution in [0, 0.1) is 11.3 Å². The van der Waals surface area contributed by atoms with Crippen molar-refractivity contribution in [3.8, 4) is 0 Å². The normalized spacial score (nSPS) is 22.1. The van der Waals surface area contributed by atoms with Crippen molar-refractivity contribution < 1.29 is 4.79 Å². The van der Waals surface area contributed by atoms with Gasteiger partial charge in [-0.2, -0.15) is 0 Å². The maximum Gasteiger partial charge on any atom is 0.158 e. The Morgan fingerprint density at radius 1 is 1.50 bits per heavy atom. The number of carbonyl (C=O) groups excluding carboxylic acids is 1. The van der Waals surface area contributed by atoms with Crippen LogP contribution in [0.1, 0.15) is 53.4 Å². The van der Waals surface area contributed by atoms with E-state index in [-0.39, 0.29) is 5.41 Å². The molecule has 16 heavy (non-hydrogen) atoms. The van der Waals surface area contributed by atoms with E-state index in [4.69, 9.17) is 0 Å². The van der Waals surface area contributed by atoms with Crippen LogP contribution in [0.3, 0.4) is 0 Å². The molecule has 90 valence electrons. The van der Waals surface area contributed by atoms with Gasteiger partial charge >= 0.3 is 0 Å². The lowest BCUT2D eigenvalue weighted by Gasteiger charge is -2.34. The molecule has 1 nitrogen and oxygen atoms in total. The molecule has 0 spiro atoms. The van der Waals surface area contributed by atoms with Crippen LogP contribution in [0.4, 0.5) is 0 Å². The summed E-state index contributed by atoms with van der Waals surface area (Å²) in [6.07, 6.45) is 5.86. The van der Waals surface area contributed by atoms with Crippen LogP contribution in [0.25, 0.3) is 0 Å². The fraction of sp³-hybridized carbons (Fsp3) is 0.667. The van der Waals surface area contributed by atoms with E-state index in [1.54, 1.807) is 0 Å². The summed E-state index contributed by atoms with van der Waals surface area (Å²) in [7, 11) is 0. The molecule has 0 N–H and O–H groups in total. The molecule has 0 aromatic carbocycles. The quantitative estimate of drug-likeness (QED) is 0.646. The van der Waals surface area contributed by atoms with E-state index < -0.39 is 0 Å². The Kier molecular flexibility index (Phi) is 4.12. The Morgan fingerprint density at radius 2 is 2.12 bits per heavy atom. The molecule has 1 atom stereocenters. The molecule has 0 aromatic heterocycles. The van der Waals surface area contributed by atoms with Gasteiger partial charge in [-0.15, -0.1) is 6.58 Å². The molecule has 1 aliphatic carbocycles. The van der Waals surface area contributed by atoms with Crippen molar-refractivity contribution in [3.63, 3.8) is 0 Å². The largest absolute Gasteiger partial charge is 0.295 e. The van der Waals surface area contributed by atoms with E-state index in [0.29, 0.717) is 11.7 Å². The van der Waals surface area contributed by atoms with Gasteiger partial charge in [-0.3, -0.25) is 4.79 Å². The van der Waals surface area contributed by atoms with Crippen molar-refractivity contribution in [2.24, 2.45) is 11.3 Å². The predicted molar refractivity (Wildman–Crippen MR) is 69.3 cm³/mol. The van der Waals surface area contributed by atoms with Crippen LogP contribution in [0.2, 0.25) is 0 Å². The van der Waals surface area contributed by atoms with Gasteiger partial charge in [0.2, 0.25) is 0 Å². The smallest absolute Gasteiger partial charge is 0.158 e. The summed E-state index contributed by atoms with van der Waals surface area (Å²) < 4.78 is 0. The molecule has 0 aromatic rings. The van der Waals surface area contributed by atoms with E-state index in [0.717, 1.165) is 31.3 Å². The lowest BCUT2D eigenvalue weighted by atomic mass is 9.70. The van der Waals surface area contributed by atoms with Crippen molar-refractivity contribution >= 4 is 5.78 Å². The van der Waals surface area contributed by atoms with Gasteiger partial charge in [-0.1, -0.05) is 32.4 Å². The predicted octanol–water partition coefficient (Wildman–Crippen LogP) is 4.29. The number of Topliss-reactive ketones (excluding diaryl/α,β-unsaturated/α-hetero) is 1. The summed E-state index contributed by atoms with van der Waals surface area (Å²) in [5, 5.41) is 0. The zero-order chi connectivity index (χ0) is 12.3. The summed E-state index contributed by atoms with van der Waals surface area (Å²) in [5.74, 6) is 0.883. The van der Waals surface area contributed by atoms with E-state index >= 15 is 0 Å². The molecule has 0 fully saturated rings. The maximum atomic E-state index is 11.7. The number of hydrogen-bond acceptors (Lipinski definition) is 1. The van der Waals surface area contributed by atoms with Gasteiger partial charge in [-0.05, 0) is 43.1 Å². The van der Waals surface area contributed by atoms with Gasteiger partial charge in [0, 0.05) is 6.42 Å². The number of ketones is 1. The highest BCUT2D eigenvalue weighted by Gasteiger charge is 2.31. The van der Waals surface area contributed by atoms with Crippen LogP contribution in [-0.4, -0.2) is 5.78 Å². The lowest BCUT2D eigenvalue weighted by Crippen LogP contribution is -2.25. The average Bonchev–Trinajstić information content (AvgIpc) is 2.23. The van der Waals surface area contributed by atoms with Gasteiger partial charge < -0.3 is 0 Å². The van der Waals surface area contributed by atoms with Crippen molar-refractivity contribution in [2.75, 3.05) is 0 Å². The van der Waals surface area contributed by atoms with Gasteiger partial charge in [0.05, 0.1) is 0 Å². The minimum atomic E-state index is 0.207. The molecule has 0 saturated heterocycles. The van der Waals surface area contributed by atoms with Crippen LogP contribution in [0.5, 0.6) is 0 Å². The van der Waals surface area contributed by atoms with Crippen molar-refractivity contribution in [1.29, 1.82) is 0 Å². The van der Waals surface area contributed by atoms with Gasteiger partial charge in [0.25, 0.3) is 0 Å². The van der Waals surface area contributed by atoms with Crippen molar-refractivity contribution in [3.05, 3.63) is 23.8 Å². The fourth-order valence-electron chi connectivity index (χ4n) is 2.46. The second kappa shape index (κ2) is 4.99. The molecule has 0 aliphatic heterocycles. The van der Waals surface area contributed by atoms with Crippen LogP contribution >= 0.6 is 0 Å². The highest BCUT2D eigenvalue weighted by molar-refractivity contribution is 5.96. The topological polar surface area (TPSA) is 17.1 Å². The molecular weight excluding hydrogens is 196 g/mol. The first-order chi connectivity index (χ1) is 7.38. The molecule has 0 bridgehead atoms. The van der Waals surface area contributed by atoms with Crippen molar-refractivity contribution in [2.45, 2.75) is 53.4 Å². The first-order valence-electron chi connectivity index (χ1n) is 6.24. The molecule has 0 radical (unpaired) electrons. The van der Waals surface area contributed by atoms with Gasteiger partial charge in [0.1, 0.15) is 0 Å². The second-order valence-electron chi connectivity index (χ2n) is 5.66. The molecule has 0 saturated carbocycles. The summed E-state index contributed by atoms with van der Waals surface area (Å²) in [4.78, 5) is 11.7. The minimum absolute atomic E-state index is 0.207. The molecule has 1 unspecified atom stereocenters. The Hall–Kier alpha value is -0.850. The summed E-state index contributed by atoms with van der Waals surface area (Å²) in [6, 6.07) is 0. The molecule has 1 rings (SSSR count). The molecular formula is C15H24O. The fourth-order valence-corrected chi connectivity index (χ4v) is 2.46. The third-order valence-electron chi connectivity index (χ3n) is 3.92. The highest BCUT2D eigenvalue weighted by Crippen LogP contribution is 2.41. The van der Waals surface area contributed by atoms with Gasteiger partial charge in [0.15, 0.2) is 5.78 Å². The first-order valence-corrected chi connectivity index (χ1v) is 6.24. The summed E-state index contributed by atoms with van der Waals surface area (Å²) in [6.45, 7) is 12.5. The number of carbonyl (C=O) groups is 1. The third-order valence-corrected chi connectivity index (χ3v) is 3.92. The SMILES string of the molecule is C=CC(C)CCC1=C(C)C(=O)CCC1(C)C. The molecule has 1 heteroatoms. The third kappa shape index (κ3) is 2.84. The minimum Gasteiger partial charge on any atom is -0.295 e. The monoisotopic (exact) mass is 220 g/mol. The number of rotatable bonds is 4. The van der Waals surface area contributed by atoms with Crippen molar-refractivity contribution in [1.82, 2.24) is 0 Å². The molecule has 1 aliphatic rings. The van der Waals surface area contributed by atoms with Crippen LogP contribution < -0.4 is 0 Å². The second-order valence-corrected chi connectivity index (χ2v) is 5.66. The molecule has 0 heterocycles. The van der Waals surface area contributed by atoms with E-state index in [1.807, 2.05) is 13.0 Å². The van der Waals surface area contributed by atoms with E-state index in [1.165, 1.54) is 5.57 Å². The Labute approximate surface area is 99.6 Å². The summed E-state index contributed by atoms with van der Waals surface area (Å²) in [5.41, 5.74) is 2.60. The lowest BCUT2D eigenvalue weighted by molar-refractivity contribution is -0.116. The first kappa shape index (κ1) is 13.2. The maximum absolute atomic E-state index is 11.7. The average molecular weight is 220 g/mol. The van der Waals surface area contributed by atoms with E-state index in [9.17, 15) is 4.79 Å². The van der Waals surface area contributed by atoms with Crippen LogP contribution in [-0.2, 0) is 4.79 Å². The highest BCUT2D eigenvalue weighted by atomic mass is 16.1. The Bertz CT molecular complexity index is 320. The number of allylic oxidation sites excluding steroid dienone is 3. The zero-order valence-corrected chi connectivity index (χ0v) is 11.1. The van der Waals surface area contributed by atoms with Gasteiger partial charge in [-0.25, -0.2) is 0 Å². The summed E-state index contributed by atoms with van der Waals surface area (Å²) >= 11 is 0. The van der Waals surface area contributed by atoms with Crippen LogP contribution in [0.15, 0.2) is 23.8 Å². The molecule has 0 amide bonds. The zero-order valence-electron chi connectivity index (χ0n) is 11.1. The number of hydrogen-bond donors (Lipinski definition) is 0. The Morgan fingerprint density at radius 3 is 2.69 bits per heavy atom. The Balaban J connectivity index is 2.83.